The van der Waals surface area contributed by atoms with Crippen LogP contribution in [0.1, 0.15) is 5.56 Å². The number of hydrogen-bond donors (Lipinski definition) is 2. The van der Waals surface area contributed by atoms with Crippen LogP contribution in [0.5, 0.6) is 0 Å². The minimum absolute atomic E-state index is 0.118. The zero-order chi connectivity index (χ0) is 15.6. The SMILES string of the molecule is Cc1cc(S(=O)(=O)N2CCN(C/C(N)=N/O)CC2)sc1Cl. The molecule has 0 aliphatic carbocycles. The number of aryl methyl sites for hydroxylation is 1. The summed E-state index contributed by atoms with van der Waals surface area (Å²) in [6, 6.07) is 1.60. The van der Waals surface area contributed by atoms with Gasteiger partial charge in [-0.2, -0.15) is 4.31 Å². The van der Waals surface area contributed by atoms with E-state index in [-0.39, 0.29) is 10.0 Å². The molecule has 0 bridgehead atoms. The molecule has 21 heavy (non-hydrogen) atoms. The van der Waals surface area contributed by atoms with Crippen LogP contribution in [0.3, 0.4) is 0 Å². The summed E-state index contributed by atoms with van der Waals surface area (Å²) >= 11 is 7.03. The summed E-state index contributed by atoms with van der Waals surface area (Å²) in [6.45, 7) is 3.92. The molecule has 1 aromatic heterocycles. The lowest BCUT2D eigenvalue weighted by Gasteiger charge is -2.33. The summed E-state index contributed by atoms with van der Waals surface area (Å²) < 4.78 is 27.2. The molecule has 118 valence electrons. The molecule has 0 spiro atoms. The first-order valence-corrected chi connectivity index (χ1v) is 8.93. The standard InChI is InChI=1S/C11H17ClN4O3S2/c1-8-6-10(20-11(8)12)21(18,19)16-4-2-15(3-5-16)7-9(13)14-17/h6,17H,2-5,7H2,1H3,(H2,13,14). The molecule has 10 heteroatoms. The number of halogens is 1. The lowest BCUT2D eigenvalue weighted by Crippen LogP contribution is -2.50. The van der Waals surface area contributed by atoms with E-state index in [1.807, 2.05) is 4.90 Å². The Bertz CT molecular complexity index is 616. The van der Waals surface area contributed by atoms with Crippen molar-refractivity contribution in [2.24, 2.45) is 10.9 Å². The van der Waals surface area contributed by atoms with Gasteiger partial charge in [0.1, 0.15) is 4.21 Å². The van der Waals surface area contributed by atoms with Crippen LogP contribution in [-0.4, -0.2) is 61.4 Å². The van der Waals surface area contributed by atoms with Gasteiger partial charge in [0.25, 0.3) is 10.0 Å². The topological polar surface area (TPSA) is 99.2 Å². The Morgan fingerprint density at radius 3 is 2.57 bits per heavy atom. The van der Waals surface area contributed by atoms with Gasteiger partial charge >= 0.3 is 0 Å². The molecule has 0 unspecified atom stereocenters. The van der Waals surface area contributed by atoms with E-state index in [1.54, 1.807) is 13.0 Å². The van der Waals surface area contributed by atoms with Gasteiger partial charge in [0.05, 0.1) is 10.9 Å². The first kappa shape index (κ1) is 16.5. The molecule has 0 amide bonds. The van der Waals surface area contributed by atoms with Crippen LogP contribution in [0.15, 0.2) is 15.4 Å². The van der Waals surface area contributed by atoms with Crippen molar-refractivity contribution >= 4 is 38.8 Å². The number of amidine groups is 1. The van der Waals surface area contributed by atoms with Gasteiger partial charge in [0, 0.05) is 26.2 Å². The van der Waals surface area contributed by atoms with Crippen molar-refractivity contribution in [3.63, 3.8) is 0 Å². The average Bonchev–Trinajstić information content (AvgIpc) is 2.80. The molecule has 1 aromatic rings. The summed E-state index contributed by atoms with van der Waals surface area (Å²) in [4.78, 5) is 1.94. The lowest BCUT2D eigenvalue weighted by atomic mass is 10.3. The Labute approximate surface area is 132 Å². The van der Waals surface area contributed by atoms with Crippen molar-refractivity contribution in [3.8, 4) is 0 Å². The minimum Gasteiger partial charge on any atom is -0.409 e. The molecule has 0 aromatic carbocycles. The molecule has 2 heterocycles. The molecule has 1 fully saturated rings. The van der Waals surface area contributed by atoms with E-state index in [0.717, 1.165) is 16.9 Å². The quantitative estimate of drug-likeness (QED) is 0.361. The summed E-state index contributed by atoms with van der Waals surface area (Å²) in [7, 11) is -3.49. The number of thiophene rings is 1. The normalized spacial score (nSPS) is 19.0. The maximum Gasteiger partial charge on any atom is 0.252 e. The highest BCUT2D eigenvalue weighted by atomic mass is 35.5. The van der Waals surface area contributed by atoms with Crippen molar-refractivity contribution in [1.29, 1.82) is 0 Å². The molecule has 0 atom stereocenters. The third-order valence-electron chi connectivity index (χ3n) is 3.27. The van der Waals surface area contributed by atoms with Crippen molar-refractivity contribution in [2.75, 3.05) is 32.7 Å². The van der Waals surface area contributed by atoms with Gasteiger partial charge in [-0.3, -0.25) is 4.90 Å². The first-order valence-electron chi connectivity index (χ1n) is 6.29. The fraction of sp³-hybridized carbons (Fsp3) is 0.545. The summed E-state index contributed by atoms with van der Waals surface area (Å²) in [5.41, 5.74) is 6.22. The van der Waals surface area contributed by atoms with Gasteiger partial charge in [0.15, 0.2) is 5.84 Å². The van der Waals surface area contributed by atoms with Crippen molar-refractivity contribution in [1.82, 2.24) is 9.21 Å². The summed E-state index contributed by atoms with van der Waals surface area (Å²) in [5, 5.41) is 11.5. The molecule has 1 aliphatic rings. The van der Waals surface area contributed by atoms with Crippen LogP contribution in [0, 0.1) is 6.92 Å². The Morgan fingerprint density at radius 2 is 2.10 bits per heavy atom. The largest absolute Gasteiger partial charge is 0.409 e. The van der Waals surface area contributed by atoms with E-state index in [2.05, 4.69) is 5.16 Å². The predicted molar refractivity (Wildman–Crippen MR) is 82.7 cm³/mol. The number of oxime groups is 1. The second-order valence-electron chi connectivity index (χ2n) is 4.79. The molecular weight excluding hydrogens is 336 g/mol. The highest BCUT2D eigenvalue weighted by Gasteiger charge is 2.30. The Balaban J connectivity index is 2.04. The molecule has 1 aliphatic heterocycles. The van der Waals surface area contributed by atoms with Gasteiger partial charge in [0.2, 0.25) is 0 Å². The van der Waals surface area contributed by atoms with Crippen LogP contribution in [0.2, 0.25) is 4.34 Å². The Kier molecular flexibility index (Phi) is 5.10. The number of rotatable bonds is 4. The van der Waals surface area contributed by atoms with Crippen LogP contribution >= 0.6 is 22.9 Å². The van der Waals surface area contributed by atoms with E-state index in [1.165, 1.54) is 4.31 Å². The predicted octanol–water partition coefficient (Wildman–Crippen LogP) is 0.763. The van der Waals surface area contributed by atoms with Crippen molar-refractivity contribution in [3.05, 3.63) is 16.0 Å². The first-order chi connectivity index (χ1) is 9.84. The molecule has 0 radical (unpaired) electrons. The monoisotopic (exact) mass is 352 g/mol. The van der Waals surface area contributed by atoms with Gasteiger partial charge in [-0.15, -0.1) is 11.3 Å². The molecule has 2 rings (SSSR count). The van der Waals surface area contributed by atoms with E-state index in [9.17, 15) is 8.42 Å². The van der Waals surface area contributed by atoms with Crippen LogP contribution in [0.25, 0.3) is 0 Å². The number of nitrogens with two attached hydrogens (primary N) is 1. The van der Waals surface area contributed by atoms with Gasteiger partial charge in [-0.1, -0.05) is 16.8 Å². The zero-order valence-corrected chi connectivity index (χ0v) is 13.9. The highest BCUT2D eigenvalue weighted by Crippen LogP contribution is 2.32. The lowest BCUT2D eigenvalue weighted by molar-refractivity contribution is 0.206. The van der Waals surface area contributed by atoms with Gasteiger partial charge in [-0.05, 0) is 18.6 Å². The minimum atomic E-state index is -3.49. The van der Waals surface area contributed by atoms with Gasteiger partial charge < -0.3 is 10.9 Å². The summed E-state index contributed by atoms with van der Waals surface area (Å²) in [6.07, 6.45) is 0. The van der Waals surface area contributed by atoms with Crippen molar-refractivity contribution < 1.29 is 13.6 Å². The van der Waals surface area contributed by atoms with Gasteiger partial charge in [-0.25, -0.2) is 8.42 Å². The maximum atomic E-state index is 12.5. The second kappa shape index (κ2) is 6.49. The third kappa shape index (κ3) is 3.67. The molecule has 0 saturated carbocycles. The van der Waals surface area contributed by atoms with E-state index >= 15 is 0 Å². The fourth-order valence-corrected chi connectivity index (χ4v) is 5.36. The number of hydrogen-bond acceptors (Lipinski definition) is 6. The van der Waals surface area contributed by atoms with Crippen LogP contribution in [0.4, 0.5) is 0 Å². The molecule has 7 nitrogen and oxygen atoms in total. The molecule has 1 saturated heterocycles. The highest BCUT2D eigenvalue weighted by molar-refractivity contribution is 7.91. The van der Waals surface area contributed by atoms with Crippen LogP contribution in [-0.2, 0) is 10.0 Å². The third-order valence-corrected chi connectivity index (χ3v) is 7.18. The van der Waals surface area contributed by atoms with E-state index < -0.39 is 10.0 Å². The Morgan fingerprint density at radius 1 is 1.48 bits per heavy atom. The number of piperazine rings is 1. The Hall–Kier alpha value is -0.870. The summed E-state index contributed by atoms with van der Waals surface area (Å²) in [5.74, 6) is 0.118. The fourth-order valence-electron chi connectivity index (χ4n) is 2.07. The number of sulfonamides is 1. The van der Waals surface area contributed by atoms with E-state index in [4.69, 9.17) is 22.5 Å². The maximum absolute atomic E-state index is 12.5. The smallest absolute Gasteiger partial charge is 0.252 e. The average molecular weight is 353 g/mol. The molecule has 3 N–H and O–H groups in total. The second-order valence-corrected chi connectivity index (χ2v) is 8.61. The zero-order valence-electron chi connectivity index (χ0n) is 11.5. The van der Waals surface area contributed by atoms with E-state index in [0.29, 0.717) is 37.1 Å². The number of nitrogens with zero attached hydrogens (tertiary/aromatic N) is 3. The van der Waals surface area contributed by atoms with Crippen LogP contribution < -0.4 is 5.73 Å². The van der Waals surface area contributed by atoms with Crippen molar-refractivity contribution in [2.45, 2.75) is 11.1 Å². The molecular formula is C11H17ClN4O3S2.